The molecule has 3 fully saturated rings. The van der Waals surface area contributed by atoms with Gasteiger partial charge >= 0.3 is 12.1 Å². The summed E-state index contributed by atoms with van der Waals surface area (Å²) in [5.41, 5.74) is 0.542. The van der Waals surface area contributed by atoms with Gasteiger partial charge in [0.1, 0.15) is 5.57 Å². The lowest BCUT2D eigenvalue weighted by Crippen LogP contribution is -2.70. The van der Waals surface area contributed by atoms with Crippen LogP contribution in [0.25, 0.3) is 6.08 Å². The molecule has 1 N–H and O–H groups in total. The zero-order chi connectivity index (χ0) is 28.2. The van der Waals surface area contributed by atoms with Gasteiger partial charge in [-0.15, -0.1) is 0 Å². The predicted molar refractivity (Wildman–Crippen MR) is 141 cm³/mol. The van der Waals surface area contributed by atoms with Crippen molar-refractivity contribution in [3.05, 3.63) is 34.9 Å². The Hall–Kier alpha value is -4.02. The average molecular weight is 536 g/mol. The fourth-order valence-electron chi connectivity index (χ4n) is 6.35. The van der Waals surface area contributed by atoms with E-state index in [1.165, 1.54) is 20.2 Å². The van der Waals surface area contributed by atoms with E-state index in [1.807, 2.05) is 6.07 Å². The molecule has 4 aliphatic heterocycles. The lowest BCUT2D eigenvalue weighted by Gasteiger charge is -2.50. The zero-order valence-corrected chi connectivity index (χ0v) is 22.7. The second-order valence-electron chi connectivity index (χ2n) is 11.2. The van der Waals surface area contributed by atoms with Gasteiger partial charge in [0.25, 0.3) is 11.8 Å². The second kappa shape index (κ2) is 9.62. The Morgan fingerprint density at radius 2 is 1.74 bits per heavy atom. The maximum atomic E-state index is 13.6. The molecule has 0 radical (unpaired) electrons. The zero-order valence-electron chi connectivity index (χ0n) is 22.7. The summed E-state index contributed by atoms with van der Waals surface area (Å²) >= 11 is 0. The second-order valence-corrected chi connectivity index (χ2v) is 11.2. The summed E-state index contributed by atoms with van der Waals surface area (Å²) in [4.78, 5) is 82.9. The first kappa shape index (κ1) is 26.6. The smallest absolute Gasteiger partial charge is 0.332 e. The van der Waals surface area contributed by atoms with E-state index in [0.717, 1.165) is 33.2 Å². The molecular formula is C28H33N5O6. The molecule has 1 aromatic rings. The van der Waals surface area contributed by atoms with Gasteiger partial charge in [0.2, 0.25) is 11.8 Å². The first-order valence-electron chi connectivity index (χ1n) is 13.4. The van der Waals surface area contributed by atoms with Gasteiger partial charge in [-0.25, -0.2) is 9.59 Å². The number of carbonyl (C=O) groups is 6. The molecule has 1 unspecified atom stereocenters. The Bertz CT molecular complexity index is 1310. The summed E-state index contributed by atoms with van der Waals surface area (Å²) in [5.74, 6) is -2.03. The van der Waals surface area contributed by atoms with Gasteiger partial charge in [-0.05, 0) is 67.4 Å². The van der Waals surface area contributed by atoms with Gasteiger partial charge in [0, 0.05) is 32.9 Å². The first-order valence-corrected chi connectivity index (χ1v) is 13.4. The van der Waals surface area contributed by atoms with Crippen LogP contribution in [-0.2, 0) is 25.6 Å². The Morgan fingerprint density at radius 3 is 2.41 bits per heavy atom. The first-order chi connectivity index (χ1) is 18.5. The molecule has 4 aliphatic rings. The minimum atomic E-state index is -1.44. The fourth-order valence-corrected chi connectivity index (χ4v) is 6.35. The molecule has 5 rings (SSSR count). The molecule has 11 heteroatoms. The highest BCUT2D eigenvalue weighted by atomic mass is 16.2. The number of imide groups is 4. The van der Waals surface area contributed by atoms with E-state index < -0.39 is 41.1 Å². The predicted octanol–water partition coefficient (Wildman–Crippen LogP) is 2.15. The van der Waals surface area contributed by atoms with Gasteiger partial charge in [0.05, 0.1) is 6.04 Å². The highest BCUT2D eigenvalue weighted by molar-refractivity contribution is 6.31. The van der Waals surface area contributed by atoms with Crippen molar-refractivity contribution in [3.8, 4) is 0 Å². The van der Waals surface area contributed by atoms with Crippen LogP contribution in [-0.4, -0.2) is 83.6 Å². The van der Waals surface area contributed by atoms with Crippen LogP contribution in [0.3, 0.4) is 0 Å². The summed E-state index contributed by atoms with van der Waals surface area (Å²) < 4.78 is 0. The van der Waals surface area contributed by atoms with Gasteiger partial charge in [-0.1, -0.05) is 19.9 Å². The Labute approximate surface area is 226 Å². The van der Waals surface area contributed by atoms with Crippen LogP contribution in [0.2, 0.25) is 0 Å². The summed E-state index contributed by atoms with van der Waals surface area (Å²) in [6.07, 6.45) is 4.45. The SMILES string of the molecule is CC(C)CCCN1C(=O)NC(=O)/C(=C/c2ccc3c(c2)CC2(C(=O)N(C)C(=O)N(C)C2=O)C2CCCN32)C1=O. The van der Waals surface area contributed by atoms with Crippen molar-refractivity contribution < 1.29 is 28.8 Å². The molecular weight excluding hydrogens is 502 g/mol. The third kappa shape index (κ3) is 4.11. The minimum absolute atomic E-state index is 0.0973. The lowest BCUT2D eigenvalue weighted by molar-refractivity contribution is -0.159. The monoisotopic (exact) mass is 535 g/mol. The van der Waals surface area contributed by atoms with E-state index in [1.54, 1.807) is 12.1 Å². The molecule has 0 aromatic heterocycles. The largest absolute Gasteiger partial charge is 0.367 e. The van der Waals surface area contributed by atoms with Gasteiger partial charge in [0.15, 0.2) is 5.41 Å². The summed E-state index contributed by atoms with van der Waals surface area (Å²) in [7, 11) is 2.79. The molecule has 11 nitrogen and oxygen atoms in total. The molecule has 8 amide bonds. The molecule has 39 heavy (non-hydrogen) atoms. The Morgan fingerprint density at radius 1 is 1.05 bits per heavy atom. The van der Waals surface area contributed by atoms with E-state index in [2.05, 4.69) is 24.1 Å². The van der Waals surface area contributed by atoms with Crippen LogP contribution in [0.4, 0.5) is 15.3 Å². The van der Waals surface area contributed by atoms with Crippen LogP contribution in [0.1, 0.15) is 50.7 Å². The van der Waals surface area contributed by atoms with Crippen LogP contribution in [0.15, 0.2) is 23.8 Å². The number of nitrogens with one attached hydrogen (secondary N) is 1. The third-order valence-corrected chi connectivity index (χ3v) is 8.31. The molecule has 0 bridgehead atoms. The summed E-state index contributed by atoms with van der Waals surface area (Å²) in [6.45, 7) is 4.98. The van der Waals surface area contributed by atoms with Crippen molar-refractivity contribution in [1.29, 1.82) is 0 Å². The number of amides is 8. The number of benzene rings is 1. The van der Waals surface area contributed by atoms with Crippen LogP contribution in [0.5, 0.6) is 0 Å². The highest BCUT2D eigenvalue weighted by Crippen LogP contribution is 2.49. The normalized spacial score (nSPS) is 23.8. The molecule has 4 heterocycles. The molecule has 0 aliphatic carbocycles. The molecule has 3 saturated heterocycles. The van der Waals surface area contributed by atoms with E-state index in [9.17, 15) is 28.8 Å². The quantitative estimate of drug-likeness (QED) is 0.348. The van der Waals surface area contributed by atoms with Crippen molar-refractivity contribution in [3.63, 3.8) is 0 Å². The van der Waals surface area contributed by atoms with Gasteiger partial charge in [-0.3, -0.25) is 39.2 Å². The van der Waals surface area contributed by atoms with Gasteiger partial charge < -0.3 is 4.90 Å². The number of anilines is 1. The lowest BCUT2D eigenvalue weighted by atomic mass is 9.68. The summed E-state index contributed by atoms with van der Waals surface area (Å²) in [5, 5.41) is 2.25. The molecule has 0 saturated carbocycles. The van der Waals surface area contributed by atoms with Crippen LogP contribution < -0.4 is 10.2 Å². The van der Waals surface area contributed by atoms with Gasteiger partial charge in [-0.2, -0.15) is 0 Å². The highest BCUT2D eigenvalue weighted by Gasteiger charge is 2.63. The van der Waals surface area contributed by atoms with E-state index in [0.29, 0.717) is 36.4 Å². The molecule has 206 valence electrons. The molecule has 1 aromatic carbocycles. The van der Waals surface area contributed by atoms with Crippen molar-refractivity contribution >= 4 is 47.5 Å². The number of carbonyl (C=O) groups excluding carboxylic acids is 6. The fraction of sp³-hybridized carbons (Fsp3) is 0.500. The number of nitrogens with zero attached hydrogens (tertiary/aromatic N) is 4. The van der Waals surface area contributed by atoms with E-state index in [4.69, 9.17) is 0 Å². The third-order valence-electron chi connectivity index (χ3n) is 8.31. The number of hydrogen-bond acceptors (Lipinski definition) is 7. The van der Waals surface area contributed by atoms with Crippen LogP contribution >= 0.6 is 0 Å². The number of hydrogen-bond donors (Lipinski definition) is 1. The van der Waals surface area contributed by atoms with Crippen molar-refractivity contribution in [2.24, 2.45) is 11.3 Å². The maximum Gasteiger partial charge on any atom is 0.332 e. The topological polar surface area (TPSA) is 127 Å². The van der Waals surface area contributed by atoms with E-state index in [-0.39, 0.29) is 24.6 Å². The standard InChI is InChI=1S/C28H33N5O6/c1-16(2)7-5-12-33-23(35)19(22(34)29-26(33)38)14-17-9-10-20-18(13-17)15-28(21-8-6-11-32(20)21)24(36)30(3)27(39)31(4)25(28)37/h9-10,13-14,16,21H,5-8,11-12,15H2,1-4H3,(H,29,34,38)/b19-14-. The van der Waals surface area contributed by atoms with Crippen molar-refractivity contribution in [2.45, 2.75) is 52.0 Å². The summed E-state index contributed by atoms with van der Waals surface area (Å²) in [6, 6.07) is 3.68. The number of rotatable bonds is 5. The van der Waals surface area contributed by atoms with Crippen molar-refractivity contribution in [2.75, 3.05) is 32.1 Å². The molecule has 1 spiro atoms. The average Bonchev–Trinajstić information content (AvgIpc) is 3.40. The number of urea groups is 2. The Balaban J connectivity index is 1.50. The number of barbiturate groups is 2. The van der Waals surface area contributed by atoms with E-state index >= 15 is 0 Å². The Kier molecular flexibility index (Phi) is 6.56. The van der Waals surface area contributed by atoms with Crippen molar-refractivity contribution in [1.82, 2.24) is 20.0 Å². The molecule has 1 atom stereocenters. The number of fused-ring (bicyclic) bond motifs is 4. The van der Waals surface area contributed by atoms with Crippen LogP contribution in [0, 0.1) is 11.3 Å². The maximum absolute atomic E-state index is 13.6. The minimum Gasteiger partial charge on any atom is -0.367 e.